The average molecular weight is 215 g/mol. The van der Waals surface area contributed by atoms with E-state index in [1.165, 1.54) is 25.7 Å². The Bertz CT molecular complexity index is 431. The maximum Gasteiger partial charge on any atom is 0.0328 e. The van der Waals surface area contributed by atoms with Gasteiger partial charge in [-0.3, -0.25) is 0 Å². The van der Waals surface area contributed by atoms with E-state index in [-0.39, 0.29) is 0 Å². The quantitative estimate of drug-likeness (QED) is 0.759. The fourth-order valence-corrected chi connectivity index (χ4v) is 3.51. The highest BCUT2D eigenvalue weighted by molar-refractivity contribution is 5.48. The molecule has 1 heteroatoms. The van der Waals surface area contributed by atoms with Crippen LogP contribution in [0.5, 0.6) is 0 Å². The number of rotatable bonds is 1. The molecular formula is C15H21N. The fourth-order valence-electron chi connectivity index (χ4n) is 3.51. The number of nitrogens with one attached hydrogen (secondary N) is 1. The van der Waals surface area contributed by atoms with Gasteiger partial charge in [0.25, 0.3) is 0 Å². The van der Waals surface area contributed by atoms with Crippen LogP contribution >= 0.6 is 0 Å². The Balaban J connectivity index is 2.16. The summed E-state index contributed by atoms with van der Waals surface area (Å²) in [5, 5.41) is 3.47. The summed E-state index contributed by atoms with van der Waals surface area (Å²) in [6.07, 6.45) is 5.17. The lowest BCUT2D eigenvalue weighted by atomic mass is 9.85. The van der Waals surface area contributed by atoms with E-state index in [0.717, 1.165) is 0 Å². The molecule has 2 aliphatic rings. The van der Waals surface area contributed by atoms with Crippen LogP contribution in [0.1, 0.15) is 55.0 Å². The summed E-state index contributed by atoms with van der Waals surface area (Å²) in [6, 6.07) is 5.54. The highest BCUT2D eigenvalue weighted by Gasteiger charge is 2.37. The molecule has 0 fully saturated rings. The molecule has 0 aliphatic heterocycles. The highest BCUT2D eigenvalue weighted by atomic mass is 14.9. The van der Waals surface area contributed by atoms with Gasteiger partial charge in [-0.2, -0.15) is 0 Å². The normalized spacial score (nSPS) is 25.6. The van der Waals surface area contributed by atoms with Crippen molar-refractivity contribution in [3.05, 3.63) is 34.4 Å². The van der Waals surface area contributed by atoms with E-state index in [9.17, 15) is 0 Å². The van der Waals surface area contributed by atoms with Crippen LogP contribution in [-0.4, -0.2) is 7.05 Å². The van der Waals surface area contributed by atoms with Gasteiger partial charge in [0.1, 0.15) is 0 Å². The van der Waals surface area contributed by atoms with Crippen LogP contribution < -0.4 is 5.32 Å². The van der Waals surface area contributed by atoms with Crippen LogP contribution in [0.15, 0.2) is 12.1 Å². The standard InChI is InChI=1S/C15H21N/c1-15(2)9-14(16-3)12-7-10-5-4-6-11(10)8-13(12)15/h7-8,14,16H,4-6,9H2,1-3H3. The van der Waals surface area contributed by atoms with E-state index >= 15 is 0 Å². The smallest absolute Gasteiger partial charge is 0.0328 e. The Morgan fingerprint density at radius 1 is 1.19 bits per heavy atom. The van der Waals surface area contributed by atoms with Crippen LogP contribution in [0.2, 0.25) is 0 Å². The molecule has 1 aromatic carbocycles. The van der Waals surface area contributed by atoms with Crippen LogP contribution in [0.4, 0.5) is 0 Å². The molecule has 0 radical (unpaired) electrons. The topological polar surface area (TPSA) is 12.0 Å². The van der Waals surface area contributed by atoms with Crippen molar-refractivity contribution >= 4 is 0 Å². The molecule has 1 aromatic rings. The van der Waals surface area contributed by atoms with Crippen LogP contribution in [0, 0.1) is 0 Å². The van der Waals surface area contributed by atoms with Crippen molar-refractivity contribution in [3.63, 3.8) is 0 Å². The number of aryl methyl sites for hydroxylation is 2. The SMILES string of the molecule is CNC1CC(C)(C)c2cc3c(cc21)CCC3. The zero-order valence-electron chi connectivity index (χ0n) is 10.6. The molecule has 0 heterocycles. The lowest BCUT2D eigenvalue weighted by Crippen LogP contribution is -2.17. The monoisotopic (exact) mass is 215 g/mol. The number of fused-ring (bicyclic) bond motifs is 2. The van der Waals surface area contributed by atoms with Crippen LogP contribution in [0.3, 0.4) is 0 Å². The van der Waals surface area contributed by atoms with E-state index in [1.54, 1.807) is 22.3 Å². The van der Waals surface area contributed by atoms with Crippen LogP contribution in [-0.2, 0) is 18.3 Å². The molecule has 1 N–H and O–H groups in total. The van der Waals surface area contributed by atoms with E-state index in [4.69, 9.17) is 0 Å². The minimum Gasteiger partial charge on any atom is -0.313 e. The summed E-state index contributed by atoms with van der Waals surface area (Å²) in [5.74, 6) is 0. The van der Waals surface area contributed by atoms with Gasteiger partial charge < -0.3 is 5.32 Å². The lowest BCUT2D eigenvalue weighted by molar-refractivity contribution is 0.447. The summed E-state index contributed by atoms with van der Waals surface area (Å²) in [5.41, 5.74) is 6.72. The first-order valence-electron chi connectivity index (χ1n) is 6.45. The van der Waals surface area contributed by atoms with E-state index in [0.29, 0.717) is 11.5 Å². The third-order valence-electron chi connectivity index (χ3n) is 4.43. The molecule has 3 rings (SSSR count). The summed E-state index contributed by atoms with van der Waals surface area (Å²) < 4.78 is 0. The molecular weight excluding hydrogens is 194 g/mol. The van der Waals surface area contributed by atoms with Crippen LogP contribution in [0.25, 0.3) is 0 Å². The van der Waals surface area contributed by atoms with Gasteiger partial charge in [-0.05, 0) is 60.4 Å². The summed E-state index contributed by atoms with van der Waals surface area (Å²) in [4.78, 5) is 0. The van der Waals surface area contributed by atoms with E-state index < -0.39 is 0 Å². The third kappa shape index (κ3) is 1.34. The maximum absolute atomic E-state index is 3.47. The van der Waals surface area contributed by atoms with Crippen molar-refractivity contribution in [2.75, 3.05) is 7.05 Å². The van der Waals surface area contributed by atoms with Gasteiger partial charge in [-0.1, -0.05) is 26.0 Å². The molecule has 0 bridgehead atoms. The summed E-state index contributed by atoms with van der Waals surface area (Å²) in [6.45, 7) is 4.76. The highest BCUT2D eigenvalue weighted by Crippen LogP contribution is 2.46. The number of hydrogen-bond donors (Lipinski definition) is 1. The van der Waals surface area contributed by atoms with Gasteiger partial charge in [0, 0.05) is 6.04 Å². The first-order chi connectivity index (χ1) is 7.62. The first-order valence-corrected chi connectivity index (χ1v) is 6.45. The zero-order chi connectivity index (χ0) is 11.3. The zero-order valence-corrected chi connectivity index (χ0v) is 10.6. The van der Waals surface area contributed by atoms with Gasteiger partial charge in [0.05, 0.1) is 0 Å². The third-order valence-corrected chi connectivity index (χ3v) is 4.43. The molecule has 1 atom stereocenters. The molecule has 0 saturated carbocycles. The van der Waals surface area contributed by atoms with Crippen molar-refractivity contribution in [3.8, 4) is 0 Å². The number of hydrogen-bond acceptors (Lipinski definition) is 1. The minimum absolute atomic E-state index is 0.348. The predicted octanol–water partition coefficient (Wildman–Crippen LogP) is 3.12. The molecule has 0 aromatic heterocycles. The molecule has 86 valence electrons. The van der Waals surface area contributed by atoms with Crippen molar-refractivity contribution in [2.24, 2.45) is 0 Å². The van der Waals surface area contributed by atoms with Crippen molar-refractivity contribution in [1.29, 1.82) is 0 Å². The maximum atomic E-state index is 3.47. The summed E-state index contributed by atoms with van der Waals surface area (Å²) in [7, 11) is 2.09. The molecule has 1 nitrogen and oxygen atoms in total. The second-order valence-electron chi connectivity index (χ2n) is 5.99. The Morgan fingerprint density at radius 2 is 1.88 bits per heavy atom. The second-order valence-corrected chi connectivity index (χ2v) is 5.99. The largest absolute Gasteiger partial charge is 0.313 e. The Labute approximate surface area is 98.3 Å². The Morgan fingerprint density at radius 3 is 2.56 bits per heavy atom. The molecule has 0 spiro atoms. The van der Waals surface area contributed by atoms with Gasteiger partial charge in [-0.25, -0.2) is 0 Å². The molecule has 0 amide bonds. The molecule has 0 saturated heterocycles. The average Bonchev–Trinajstić information content (AvgIpc) is 2.79. The van der Waals surface area contributed by atoms with Gasteiger partial charge >= 0.3 is 0 Å². The van der Waals surface area contributed by atoms with Crippen molar-refractivity contribution in [1.82, 2.24) is 5.32 Å². The predicted molar refractivity (Wildman–Crippen MR) is 67.9 cm³/mol. The van der Waals surface area contributed by atoms with Crippen molar-refractivity contribution < 1.29 is 0 Å². The Hall–Kier alpha value is -0.820. The minimum atomic E-state index is 0.348. The van der Waals surface area contributed by atoms with E-state index in [2.05, 4.69) is 38.3 Å². The van der Waals surface area contributed by atoms with Crippen molar-refractivity contribution in [2.45, 2.75) is 51.0 Å². The number of benzene rings is 1. The molecule has 2 aliphatic carbocycles. The van der Waals surface area contributed by atoms with E-state index in [1.807, 2.05) is 0 Å². The molecule has 1 unspecified atom stereocenters. The lowest BCUT2D eigenvalue weighted by Gasteiger charge is -2.19. The second kappa shape index (κ2) is 3.33. The first kappa shape index (κ1) is 10.3. The van der Waals surface area contributed by atoms with Gasteiger partial charge in [0.15, 0.2) is 0 Å². The molecule has 16 heavy (non-hydrogen) atoms. The summed E-state index contributed by atoms with van der Waals surface area (Å²) >= 11 is 0. The van der Waals surface area contributed by atoms with Gasteiger partial charge in [-0.15, -0.1) is 0 Å². The fraction of sp³-hybridized carbons (Fsp3) is 0.600. The van der Waals surface area contributed by atoms with Gasteiger partial charge in [0.2, 0.25) is 0 Å². The Kier molecular flexibility index (Phi) is 2.16.